The van der Waals surface area contributed by atoms with Crippen LogP contribution in [0.2, 0.25) is 0 Å². The standard InChI is InChI=1S/C20H19N3O3S/c24-19-17-10-3-4-11-18(17)21-20(22(19)15-7-1-2-8-15)27-13-14-6-5-9-16(12-14)23(25)26/h3-6,9-12,15H,1-2,7-8,13H2. The van der Waals surface area contributed by atoms with E-state index >= 15 is 0 Å². The Bertz CT molecular complexity index is 1060. The van der Waals surface area contributed by atoms with Gasteiger partial charge in [-0.3, -0.25) is 19.5 Å². The van der Waals surface area contributed by atoms with E-state index in [9.17, 15) is 14.9 Å². The Morgan fingerprint density at radius 3 is 2.70 bits per heavy atom. The van der Waals surface area contributed by atoms with Crippen LogP contribution in [0.15, 0.2) is 58.5 Å². The first kappa shape index (κ1) is 17.7. The van der Waals surface area contributed by atoms with Crippen LogP contribution in [-0.4, -0.2) is 14.5 Å². The Morgan fingerprint density at radius 1 is 1.15 bits per heavy atom. The van der Waals surface area contributed by atoms with Crippen molar-refractivity contribution in [1.29, 1.82) is 0 Å². The van der Waals surface area contributed by atoms with Gasteiger partial charge in [-0.2, -0.15) is 0 Å². The number of nitrogens with zero attached hydrogens (tertiary/aromatic N) is 3. The lowest BCUT2D eigenvalue weighted by Gasteiger charge is -2.18. The monoisotopic (exact) mass is 381 g/mol. The van der Waals surface area contributed by atoms with E-state index in [0.29, 0.717) is 21.8 Å². The molecule has 27 heavy (non-hydrogen) atoms. The fourth-order valence-electron chi connectivity index (χ4n) is 3.62. The third-order valence-corrected chi connectivity index (χ3v) is 5.98. The topological polar surface area (TPSA) is 78.0 Å². The second-order valence-electron chi connectivity index (χ2n) is 6.74. The highest BCUT2D eigenvalue weighted by molar-refractivity contribution is 7.98. The number of nitro benzene ring substituents is 1. The number of hydrogen-bond acceptors (Lipinski definition) is 5. The molecule has 0 atom stereocenters. The van der Waals surface area contributed by atoms with E-state index in [1.807, 2.05) is 34.9 Å². The fourth-order valence-corrected chi connectivity index (χ4v) is 4.63. The van der Waals surface area contributed by atoms with Crippen LogP contribution in [0, 0.1) is 10.1 Å². The highest BCUT2D eigenvalue weighted by Gasteiger charge is 2.23. The summed E-state index contributed by atoms with van der Waals surface area (Å²) in [6.07, 6.45) is 4.23. The van der Waals surface area contributed by atoms with Crippen molar-refractivity contribution < 1.29 is 4.92 Å². The van der Waals surface area contributed by atoms with Crippen LogP contribution in [0.25, 0.3) is 10.9 Å². The maximum absolute atomic E-state index is 13.1. The van der Waals surface area contributed by atoms with Crippen molar-refractivity contribution in [2.75, 3.05) is 0 Å². The van der Waals surface area contributed by atoms with Crippen LogP contribution in [0.3, 0.4) is 0 Å². The van der Waals surface area contributed by atoms with Gasteiger partial charge in [-0.15, -0.1) is 0 Å². The van der Waals surface area contributed by atoms with Gasteiger partial charge in [0.1, 0.15) is 0 Å². The molecule has 3 aromatic rings. The molecule has 0 saturated heterocycles. The molecular weight excluding hydrogens is 362 g/mol. The van der Waals surface area contributed by atoms with Gasteiger partial charge < -0.3 is 0 Å². The number of fused-ring (bicyclic) bond motifs is 1. The third-order valence-electron chi connectivity index (χ3n) is 4.95. The SMILES string of the molecule is O=c1c2ccccc2nc(SCc2cccc([N+](=O)[O-])c2)n1C1CCCC1. The van der Waals surface area contributed by atoms with E-state index in [-0.39, 0.29) is 17.3 Å². The first-order valence-electron chi connectivity index (χ1n) is 9.01. The van der Waals surface area contributed by atoms with Gasteiger partial charge in [0.2, 0.25) is 0 Å². The zero-order valence-corrected chi connectivity index (χ0v) is 15.5. The number of nitro groups is 1. The molecule has 0 amide bonds. The summed E-state index contributed by atoms with van der Waals surface area (Å²) in [6, 6.07) is 14.2. The second kappa shape index (κ2) is 7.52. The number of benzene rings is 2. The van der Waals surface area contributed by atoms with Crippen LogP contribution < -0.4 is 5.56 Å². The molecule has 0 bridgehead atoms. The summed E-state index contributed by atoms with van der Waals surface area (Å²) in [5.74, 6) is 0.527. The third kappa shape index (κ3) is 3.60. The summed E-state index contributed by atoms with van der Waals surface area (Å²) in [4.78, 5) is 28.5. The number of thioether (sulfide) groups is 1. The van der Waals surface area contributed by atoms with Crippen LogP contribution in [0.1, 0.15) is 37.3 Å². The van der Waals surface area contributed by atoms with Gasteiger partial charge in [0.15, 0.2) is 5.16 Å². The summed E-state index contributed by atoms with van der Waals surface area (Å²) < 4.78 is 1.84. The lowest BCUT2D eigenvalue weighted by atomic mass is 10.2. The Labute approximate surface area is 160 Å². The summed E-state index contributed by atoms with van der Waals surface area (Å²) in [6.45, 7) is 0. The number of aromatic nitrogens is 2. The molecule has 7 heteroatoms. The zero-order valence-electron chi connectivity index (χ0n) is 14.7. The molecule has 0 spiro atoms. The van der Waals surface area contributed by atoms with Crippen molar-refractivity contribution >= 4 is 28.4 Å². The molecule has 4 rings (SSSR count). The van der Waals surface area contributed by atoms with E-state index in [4.69, 9.17) is 4.98 Å². The Balaban J connectivity index is 1.71. The number of para-hydroxylation sites is 1. The van der Waals surface area contributed by atoms with Gasteiger partial charge in [0, 0.05) is 23.9 Å². The summed E-state index contributed by atoms with van der Waals surface area (Å²) in [7, 11) is 0. The predicted molar refractivity (Wildman–Crippen MR) is 106 cm³/mol. The smallest absolute Gasteiger partial charge is 0.269 e. The number of hydrogen-bond donors (Lipinski definition) is 0. The highest BCUT2D eigenvalue weighted by Crippen LogP contribution is 2.33. The van der Waals surface area contributed by atoms with Gasteiger partial charge in [-0.1, -0.05) is 48.9 Å². The minimum absolute atomic E-state index is 0.00837. The molecule has 6 nitrogen and oxygen atoms in total. The maximum Gasteiger partial charge on any atom is 0.269 e. The van der Waals surface area contributed by atoms with Crippen LogP contribution in [0.5, 0.6) is 0 Å². The Hall–Kier alpha value is -2.67. The molecule has 1 fully saturated rings. The van der Waals surface area contributed by atoms with E-state index < -0.39 is 4.92 Å². The lowest BCUT2D eigenvalue weighted by molar-refractivity contribution is -0.384. The molecule has 1 aliphatic carbocycles. The minimum Gasteiger partial charge on any atom is -0.284 e. The van der Waals surface area contributed by atoms with Crippen molar-refractivity contribution in [3.63, 3.8) is 0 Å². The van der Waals surface area contributed by atoms with Crippen molar-refractivity contribution in [2.45, 2.75) is 42.6 Å². The van der Waals surface area contributed by atoms with Crippen LogP contribution >= 0.6 is 11.8 Å². The average Bonchev–Trinajstić information content (AvgIpc) is 3.21. The first-order chi connectivity index (χ1) is 13.1. The van der Waals surface area contributed by atoms with Gasteiger partial charge in [-0.25, -0.2) is 4.98 Å². The van der Waals surface area contributed by atoms with Gasteiger partial charge >= 0.3 is 0 Å². The van der Waals surface area contributed by atoms with Gasteiger partial charge in [0.25, 0.3) is 11.2 Å². The molecule has 0 aliphatic heterocycles. The summed E-state index contributed by atoms with van der Waals surface area (Å²) in [5, 5.41) is 12.3. The molecule has 1 aromatic heterocycles. The van der Waals surface area contributed by atoms with Crippen molar-refractivity contribution in [3.8, 4) is 0 Å². The molecule has 138 valence electrons. The van der Waals surface area contributed by atoms with E-state index in [1.165, 1.54) is 17.8 Å². The summed E-state index contributed by atoms with van der Waals surface area (Å²) in [5.41, 5.74) is 1.62. The molecule has 0 radical (unpaired) electrons. The van der Waals surface area contributed by atoms with Gasteiger partial charge in [-0.05, 0) is 30.5 Å². The van der Waals surface area contributed by atoms with Crippen LogP contribution in [-0.2, 0) is 5.75 Å². The van der Waals surface area contributed by atoms with Gasteiger partial charge in [0.05, 0.1) is 15.8 Å². The minimum atomic E-state index is -0.392. The van der Waals surface area contributed by atoms with Crippen molar-refractivity contribution in [1.82, 2.24) is 9.55 Å². The fraction of sp³-hybridized carbons (Fsp3) is 0.300. The Kier molecular flexibility index (Phi) is 4.94. The van der Waals surface area contributed by atoms with Crippen molar-refractivity contribution in [3.05, 3.63) is 74.6 Å². The zero-order chi connectivity index (χ0) is 18.8. The maximum atomic E-state index is 13.1. The van der Waals surface area contributed by atoms with Crippen molar-refractivity contribution in [2.24, 2.45) is 0 Å². The molecule has 1 heterocycles. The quantitative estimate of drug-likeness (QED) is 0.277. The van der Waals surface area contributed by atoms with Crippen LogP contribution in [0.4, 0.5) is 5.69 Å². The largest absolute Gasteiger partial charge is 0.284 e. The number of non-ortho nitro benzene ring substituents is 1. The lowest BCUT2D eigenvalue weighted by Crippen LogP contribution is -2.26. The second-order valence-corrected chi connectivity index (χ2v) is 7.68. The van der Waals surface area contributed by atoms with E-state index in [2.05, 4.69) is 0 Å². The average molecular weight is 381 g/mol. The molecule has 1 saturated carbocycles. The predicted octanol–water partition coefficient (Wildman–Crippen LogP) is 4.71. The molecular formula is C20H19N3O3S. The highest BCUT2D eigenvalue weighted by atomic mass is 32.2. The van der Waals surface area contributed by atoms with E-state index in [0.717, 1.165) is 31.2 Å². The normalized spacial score (nSPS) is 14.7. The summed E-state index contributed by atoms with van der Waals surface area (Å²) >= 11 is 1.47. The Morgan fingerprint density at radius 2 is 1.93 bits per heavy atom. The van der Waals surface area contributed by atoms with E-state index in [1.54, 1.807) is 12.1 Å². The molecule has 1 aliphatic rings. The molecule has 0 unspecified atom stereocenters. The number of rotatable bonds is 5. The first-order valence-corrected chi connectivity index (χ1v) is 9.99. The molecule has 0 N–H and O–H groups in total. The molecule has 2 aromatic carbocycles.